The molecule has 22 heavy (non-hydrogen) atoms. The second-order valence-corrected chi connectivity index (χ2v) is 6.64. The maximum absolute atomic E-state index is 11.7. The highest BCUT2D eigenvalue weighted by molar-refractivity contribution is 7.91. The van der Waals surface area contributed by atoms with Crippen LogP contribution in [0.1, 0.15) is 18.6 Å². The molecule has 0 spiro atoms. The number of hydrogen-bond donors (Lipinski definition) is 3. The van der Waals surface area contributed by atoms with E-state index >= 15 is 0 Å². The number of amides is 3. The summed E-state index contributed by atoms with van der Waals surface area (Å²) in [7, 11) is -1.86. The zero-order chi connectivity index (χ0) is 16.8. The number of nitrogens with two attached hydrogens (primary N) is 1. The lowest BCUT2D eigenvalue weighted by molar-refractivity contribution is 0.106. The number of urea groups is 1. The molecule has 1 unspecified atom stereocenters. The number of carbonyl (C=O) groups excluding carboxylic acids is 2. The lowest BCUT2D eigenvalue weighted by Crippen LogP contribution is -2.37. The van der Waals surface area contributed by atoms with Crippen molar-refractivity contribution in [3.8, 4) is 0 Å². The maximum Gasteiger partial charge on any atom is 0.405 e. The molecule has 8 nitrogen and oxygen atoms in total. The minimum Gasteiger partial charge on any atom is -0.440 e. The van der Waals surface area contributed by atoms with Crippen molar-refractivity contribution in [2.24, 2.45) is 5.73 Å². The molecular weight excluding hydrogens is 310 g/mol. The molecule has 3 amide bonds. The van der Waals surface area contributed by atoms with E-state index in [0.29, 0.717) is 5.56 Å². The van der Waals surface area contributed by atoms with Crippen LogP contribution in [0.15, 0.2) is 29.2 Å². The van der Waals surface area contributed by atoms with E-state index < -0.39 is 28.1 Å². The lowest BCUT2D eigenvalue weighted by atomic mass is 10.1. The average Bonchev–Trinajstić information content (AvgIpc) is 2.50. The maximum atomic E-state index is 11.7. The molecule has 0 bridgehead atoms. The summed E-state index contributed by atoms with van der Waals surface area (Å²) in [6, 6.07) is 5.43. The lowest BCUT2D eigenvalue weighted by Gasteiger charge is -2.18. The highest BCUT2D eigenvalue weighted by Gasteiger charge is 2.18. The molecule has 1 aromatic rings. The SMILES string of the molecule is CCS(=O)(=O)c1ccc(C(CNC(=O)NC)OC(N)=O)cc1. The van der Waals surface area contributed by atoms with Gasteiger partial charge in [0.15, 0.2) is 9.84 Å². The third kappa shape index (κ3) is 4.92. The second-order valence-electron chi connectivity index (χ2n) is 4.36. The molecule has 9 heteroatoms. The molecule has 122 valence electrons. The highest BCUT2D eigenvalue weighted by atomic mass is 32.2. The molecule has 4 N–H and O–H groups in total. The topological polar surface area (TPSA) is 128 Å². The summed E-state index contributed by atoms with van der Waals surface area (Å²) in [4.78, 5) is 22.3. The first kappa shape index (κ1) is 17.8. The van der Waals surface area contributed by atoms with E-state index in [1.807, 2.05) is 0 Å². The Labute approximate surface area is 128 Å². The van der Waals surface area contributed by atoms with Crippen LogP contribution in [0.3, 0.4) is 0 Å². The standard InChI is InChI=1S/C13H19N3O5S/c1-3-22(19,20)10-6-4-9(5-7-10)11(21-12(14)17)8-16-13(18)15-2/h4-7,11H,3,8H2,1-2H3,(H2,14,17)(H2,15,16,18). The largest absolute Gasteiger partial charge is 0.440 e. The molecule has 0 saturated heterocycles. The molecule has 0 saturated carbocycles. The summed E-state index contributed by atoms with van der Waals surface area (Å²) in [5, 5.41) is 4.85. The van der Waals surface area contributed by atoms with Gasteiger partial charge in [-0.05, 0) is 17.7 Å². The fourth-order valence-electron chi connectivity index (χ4n) is 1.70. The van der Waals surface area contributed by atoms with Gasteiger partial charge < -0.3 is 21.1 Å². The number of carbonyl (C=O) groups is 2. The molecule has 0 aliphatic heterocycles. The number of hydrogen-bond acceptors (Lipinski definition) is 5. The summed E-state index contributed by atoms with van der Waals surface area (Å²) >= 11 is 0. The van der Waals surface area contributed by atoms with Gasteiger partial charge >= 0.3 is 12.1 Å². The van der Waals surface area contributed by atoms with Crippen molar-refractivity contribution in [2.75, 3.05) is 19.3 Å². The van der Waals surface area contributed by atoms with Crippen LogP contribution in [-0.2, 0) is 14.6 Å². The molecule has 0 heterocycles. The van der Waals surface area contributed by atoms with Gasteiger partial charge in [0.25, 0.3) is 0 Å². The van der Waals surface area contributed by atoms with E-state index in [2.05, 4.69) is 10.6 Å². The number of ether oxygens (including phenoxy) is 1. The van der Waals surface area contributed by atoms with E-state index in [1.54, 1.807) is 6.92 Å². The third-order valence-electron chi connectivity index (χ3n) is 2.92. The number of benzene rings is 1. The monoisotopic (exact) mass is 329 g/mol. The Balaban J connectivity index is 2.94. The van der Waals surface area contributed by atoms with Gasteiger partial charge in [-0.3, -0.25) is 0 Å². The van der Waals surface area contributed by atoms with Crippen molar-refractivity contribution >= 4 is 22.0 Å². The van der Waals surface area contributed by atoms with Gasteiger partial charge in [-0.25, -0.2) is 18.0 Å². The summed E-state index contributed by atoms with van der Waals surface area (Å²) in [5.41, 5.74) is 5.52. The van der Waals surface area contributed by atoms with Crippen LogP contribution in [0.25, 0.3) is 0 Å². The average molecular weight is 329 g/mol. The summed E-state index contributed by atoms with van der Waals surface area (Å²) in [6.07, 6.45) is -1.80. The molecule has 0 aliphatic carbocycles. The second kappa shape index (κ2) is 7.64. The normalized spacial score (nSPS) is 12.3. The van der Waals surface area contributed by atoms with Gasteiger partial charge in [0, 0.05) is 7.05 Å². The minimum atomic E-state index is -3.31. The van der Waals surface area contributed by atoms with Gasteiger partial charge in [0.1, 0.15) is 6.10 Å². The van der Waals surface area contributed by atoms with Crippen LogP contribution in [0.2, 0.25) is 0 Å². The van der Waals surface area contributed by atoms with Crippen LogP contribution >= 0.6 is 0 Å². The molecule has 0 aromatic heterocycles. The Morgan fingerprint density at radius 3 is 2.32 bits per heavy atom. The Kier molecular flexibility index (Phi) is 6.17. The zero-order valence-electron chi connectivity index (χ0n) is 12.3. The molecule has 1 rings (SSSR count). The first-order valence-electron chi connectivity index (χ1n) is 6.54. The van der Waals surface area contributed by atoms with Crippen LogP contribution in [-0.4, -0.2) is 39.9 Å². The number of rotatable bonds is 6. The van der Waals surface area contributed by atoms with E-state index in [4.69, 9.17) is 10.5 Å². The fourth-order valence-corrected chi connectivity index (χ4v) is 2.58. The summed E-state index contributed by atoms with van der Waals surface area (Å²) in [5.74, 6) is -0.00815. The summed E-state index contributed by atoms with van der Waals surface area (Å²) in [6.45, 7) is 1.55. The molecule has 0 fully saturated rings. The Morgan fingerprint density at radius 1 is 1.27 bits per heavy atom. The number of primary amides is 1. The van der Waals surface area contributed by atoms with Crippen molar-refractivity contribution in [2.45, 2.75) is 17.9 Å². The number of sulfone groups is 1. The van der Waals surface area contributed by atoms with Crippen molar-refractivity contribution in [3.63, 3.8) is 0 Å². The smallest absolute Gasteiger partial charge is 0.405 e. The molecular formula is C13H19N3O5S. The van der Waals surface area contributed by atoms with Crippen molar-refractivity contribution in [3.05, 3.63) is 29.8 Å². The van der Waals surface area contributed by atoms with Gasteiger partial charge in [-0.1, -0.05) is 19.1 Å². The van der Waals surface area contributed by atoms with Gasteiger partial charge in [-0.2, -0.15) is 0 Å². The van der Waals surface area contributed by atoms with E-state index in [0.717, 1.165) is 0 Å². The predicted octanol–water partition coefficient (Wildman–Crippen LogP) is 0.546. The Morgan fingerprint density at radius 2 is 1.86 bits per heavy atom. The predicted molar refractivity (Wildman–Crippen MR) is 80.0 cm³/mol. The van der Waals surface area contributed by atoms with Crippen LogP contribution in [0, 0.1) is 0 Å². The molecule has 0 aliphatic rings. The van der Waals surface area contributed by atoms with Crippen LogP contribution in [0.4, 0.5) is 9.59 Å². The Bertz CT molecular complexity index is 628. The number of nitrogens with one attached hydrogen (secondary N) is 2. The van der Waals surface area contributed by atoms with Gasteiger partial charge in [0.05, 0.1) is 17.2 Å². The fraction of sp³-hybridized carbons (Fsp3) is 0.385. The molecule has 1 atom stereocenters. The van der Waals surface area contributed by atoms with Crippen LogP contribution in [0.5, 0.6) is 0 Å². The first-order valence-corrected chi connectivity index (χ1v) is 8.19. The quantitative estimate of drug-likeness (QED) is 0.702. The molecule has 0 radical (unpaired) electrons. The van der Waals surface area contributed by atoms with Gasteiger partial charge in [-0.15, -0.1) is 0 Å². The third-order valence-corrected chi connectivity index (χ3v) is 4.68. The molecule has 1 aromatic carbocycles. The van der Waals surface area contributed by atoms with Crippen molar-refractivity contribution in [1.82, 2.24) is 10.6 Å². The first-order chi connectivity index (χ1) is 10.3. The van der Waals surface area contributed by atoms with Crippen molar-refractivity contribution in [1.29, 1.82) is 0 Å². The van der Waals surface area contributed by atoms with E-state index in [9.17, 15) is 18.0 Å². The highest BCUT2D eigenvalue weighted by Crippen LogP contribution is 2.20. The van der Waals surface area contributed by atoms with Crippen molar-refractivity contribution < 1.29 is 22.7 Å². The van der Waals surface area contributed by atoms with Gasteiger partial charge in [0.2, 0.25) is 0 Å². The minimum absolute atomic E-state index is 0.00247. The zero-order valence-corrected chi connectivity index (χ0v) is 13.1. The summed E-state index contributed by atoms with van der Waals surface area (Å²) < 4.78 is 28.4. The Hall–Kier alpha value is -2.29. The van der Waals surface area contributed by atoms with E-state index in [-0.39, 0.29) is 17.2 Å². The van der Waals surface area contributed by atoms with E-state index in [1.165, 1.54) is 31.3 Å². The van der Waals surface area contributed by atoms with Crippen LogP contribution < -0.4 is 16.4 Å².